The molecule has 0 saturated carbocycles. The van der Waals surface area contributed by atoms with E-state index >= 15 is 0 Å². The molecule has 84 valence electrons. The van der Waals surface area contributed by atoms with Gasteiger partial charge in [-0.25, -0.2) is 0 Å². The van der Waals surface area contributed by atoms with Crippen molar-refractivity contribution in [2.75, 3.05) is 6.54 Å². The maximum Gasteiger partial charge on any atom is 0.223 e. The van der Waals surface area contributed by atoms with E-state index in [2.05, 4.69) is 18.7 Å². The Bertz CT molecular complexity index is 383. The number of nitrogens with zero attached hydrogens (tertiary/aromatic N) is 1. The van der Waals surface area contributed by atoms with Crippen LogP contribution >= 0.6 is 0 Å². The van der Waals surface area contributed by atoms with Gasteiger partial charge in [-0.1, -0.05) is 42.5 Å². The van der Waals surface area contributed by atoms with Gasteiger partial charge in [0.25, 0.3) is 0 Å². The summed E-state index contributed by atoms with van der Waals surface area (Å²) in [6.07, 6.45) is 2.59. The van der Waals surface area contributed by atoms with Crippen molar-refractivity contribution in [1.29, 1.82) is 0 Å². The lowest BCUT2D eigenvalue weighted by atomic mass is 10.1. The summed E-state index contributed by atoms with van der Waals surface area (Å²) in [6, 6.07) is 10.1. The van der Waals surface area contributed by atoms with Gasteiger partial charge in [-0.3, -0.25) is 4.79 Å². The minimum atomic E-state index is 0.252. The molecule has 1 aliphatic rings. The Morgan fingerprint density at radius 2 is 1.94 bits per heavy atom. The molecule has 0 bridgehead atoms. The van der Waals surface area contributed by atoms with Gasteiger partial charge in [0.2, 0.25) is 5.91 Å². The quantitative estimate of drug-likeness (QED) is 0.695. The molecule has 2 rings (SSSR count). The van der Waals surface area contributed by atoms with E-state index in [1.165, 1.54) is 11.1 Å². The summed E-state index contributed by atoms with van der Waals surface area (Å²) in [5.41, 5.74) is 2.35. The first-order valence-corrected chi connectivity index (χ1v) is 5.74. The van der Waals surface area contributed by atoms with Crippen LogP contribution in [0.1, 0.15) is 24.8 Å². The monoisotopic (exact) mass is 215 g/mol. The van der Waals surface area contributed by atoms with Crippen LogP contribution in [0.15, 0.2) is 42.5 Å². The van der Waals surface area contributed by atoms with Crippen LogP contribution in [0.2, 0.25) is 0 Å². The maximum absolute atomic E-state index is 11.8. The molecule has 1 aromatic carbocycles. The van der Waals surface area contributed by atoms with Gasteiger partial charge in [-0.15, -0.1) is 0 Å². The molecule has 1 heterocycles. The lowest BCUT2D eigenvalue weighted by Crippen LogP contribution is -2.30. The summed E-state index contributed by atoms with van der Waals surface area (Å²) in [4.78, 5) is 13.8. The van der Waals surface area contributed by atoms with Gasteiger partial charge in [0.05, 0.1) is 0 Å². The zero-order valence-electron chi connectivity index (χ0n) is 9.48. The lowest BCUT2D eigenvalue weighted by Gasteiger charge is -2.21. The number of benzene rings is 1. The fraction of sp³-hybridized carbons (Fsp3) is 0.357. The fourth-order valence-electron chi connectivity index (χ4n) is 2.03. The van der Waals surface area contributed by atoms with Crippen molar-refractivity contribution in [3.63, 3.8) is 0 Å². The third-order valence-electron chi connectivity index (χ3n) is 2.90. The number of carbonyl (C=O) groups is 1. The average molecular weight is 215 g/mol. The predicted octanol–water partition coefficient (Wildman–Crippen LogP) is 2.76. The summed E-state index contributed by atoms with van der Waals surface area (Å²) in [6.45, 7) is 5.43. The molecule has 0 aromatic heterocycles. The molecule has 0 radical (unpaired) electrons. The molecular formula is C14H17NO. The zero-order valence-corrected chi connectivity index (χ0v) is 9.48. The standard InChI is InChI=1S/C14H17NO/c1-12-6-5-9-14(16)15(10-12)11-13-7-3-2-4-8-13/h2-4,7-8H,1,5-6,9-11H2. The summed E-state index contributed by atoms with van der Waals surface area (Å²) < 4.78 is 0. The van der Waals surface area contributed by atoms with Gasteiger partial charge in [-0.2, -0.15) is 0 Å². The highest BCUT2D eigenvalue weighted by Crippen LogP contribution is 2.17. The third kappa shape index (κ3) is 2.72. The molecule has 2 heteroatoms. The van der Waals surface area contributed by atoms with E-state index in [1.807, 2.05) is 23.1 Å². The van der Waals surface area contributed by atoms with Crippen LogP contribution in [0.25, 0.3) is 0 Å². The number of hydrogen-bond acceptors (Lipinski definition) is 1. The predicted molar refractivity (Wildman–Crippen MR) is 64.9 cm³/mol. The molecule has 1 saturated heterocycles. The molecule has 2 nitrogen and oxygen atoms in total. The van der Waals surface area contributed by atoms with Crippen molar-refractivity contribution < 1.29 is 4.79 Å². The normalized spacial score (nSPS) is 17.4. The SMILES string of the molecule is C=C1CCCC(=O)N(Cc2ccccc2)C1. The van der Waals surface area contributed by atoms with Crippen LogP contribution in [0, 0.1) is 0 Å². The van der Waals surface area contributed by atoms with Crippen molar-refractivity contribution in [3.8, 4) is 0 Å². The maximum atomic E-state index is 11.8. The van der Waals surface area contributed by atoms with Crippen molar-refractivity contribution in [1.82, 2.24) is 4.90 Å². The third-order valence-corrected chi connectivity index (χ3v) is 2.90. The topological polar surface area (TPSA) is 20.3 Å². The largest absolute Gasteiger partial charge is 0.334 e. The summed E-state index contributed by atoms with van der Waals surface area (Å²) in [5, 5.41) is 0. The van der Waals surface area contributed by atoms with E-state index in [9.17, 15) is 4.79 Å². The van der Waals surface area contributed by atoms with E-state index in [0.29, 0.717) is 19.5 Å². The number of rotatable bonds is 2. The van der Waals surface area contributed by atoms with Gasteiger partial charge in [0.15, 0.2) is 0 Å². The Morgan fingerprint density at radius 3 is 2.69 bits per heavy atom. The number of hydrogen-bond donors (Lipinski definition) is 0. The molecule has 0 spiro atoms. The van der Waals surface area contributed by atoms with Gasteiger partial charge in [0, 0.05) is 19.5 Å². The molecule has 16 heavy (non-hydrogen) atoms. The summed E-state index contributed by atoms with van der Waals surface area (Å²) in [5.74, 6) is 0.252. The Morgan fingerprint density at radius 1 is 1.19 bits per heavy atom. The Labute approximate surface area is 96.6 Å². The second-order valence-electron chi connectivity index (χ2n) is 4.34. The van der Waals surface area contributed by atoms with Crippen molar-refractivity contribution >= 4 is 5.91 Å². The minimum Gasteiger partial charge on any atom is -0.334 e. The van der Waals surface area contributed by atoms with Gasteiger partial charge in [-0.05, 0) is 18.4 Å². The first-order valence-electron chi connectivity index (χ1n) is 5.74. The highest BCUT2D eigenvalue weighted by atomic mass is 16.2. The molecule has 1 aromatic rings. The Hall–Kier alpha value is -1.57. The Balaban J connectivity index is 2.07. The van der Waals surface area contributed by atoms with E-state index in [0.717, 1.165) is 12.8 Å². The second kappa shape index (κ2) is 4.97. The first kappa shape index (κ1) is 10.9. The molecule has 0 N–H and O–H groups in total. The van der Waals surface area contributed by atoms with E-state index in [1.54, 1.807) is 0 Å². The van der Waals surface area contributed by atoms with E-state index in [-0.39, 0.29) is 5.91 Å². The van der Waals surface area contributed by atoms with Crippen LogP contribution in [0.5, 0.6) is 0 Å². The average Bonchev–Trinajstić information content (AvgIpc) is 2.43. The molecule has 0 atom stereocenters. The molecular weight excluding hydrogens is 198 g/mol. The van der Waals surface area contributed by atoms with Gasteiger partial charge in [0.1, 0.15) is 0 Å². The van der Waals surface area contributed by atoms with Crippen molar-refractivity contribution in [2.24, 2.45) is 0 Å². The second-order valence-corrected chi connectivity index (χ2v) is 4.34. The van der Waals surface area contributed by atoms with Crippen LogP contribution in [-0.2, 0) is 11.3 Å². The number of carbonyl (C=O) groups excluding carboxylic acids is 1. The van der Waals surface area contributed by atoms with Gasteiger partial charge < -0.3 is 4.90 Å². The zero-order chi connectivity index (χ0) is 11.4. The first-order chi connectivity index (χ1) is 7.75. The van der Waals surface area contributed by atoms with Gasteiger partial charge >= 0.3 is 0 Å². The highest BCUT2D eigenvalue weighted by molar-refractivity contribution is 5.76. The molecule has 1 fully saturated rings. The fourth-order valence-corrected chi connectivity index (χ4v) is 2.03. The Kier molecular flexibility index (Phi) is 3.40. The van der Waals surface area contributed by atoms with Crippen molar-refractivity contribution in [2.45, 2.75) is 25.8 Å². The summed E-state index contributed by atoms with van der Waals surface area (Å²) >= 11 is 0. The minimum absolute atomic E-state index is 0.252. The number of likely N-dealkylation sites (tertiary alicyclic amines) is 1. The van der Waals surface area contributed by atoms with Crippen LogP contribution in [-0.4, -0.2) is 17.4 Å². The molecule has 0 aliphatic carbocycles. The molecule has 0 unspecified atom stereocenters. The van der Waals surface area contributed by atoms with Crippen LogP contribution in [0.3, 0.4) is 0 Å². The van der Waals surface area contributed by atoms with E-state index in [4.69, 9.17) is 0 Å². The van der Waals surface area contributed by atoms with Crippen LogP contribution in [0.4, 0.5) is 0 Å². The summed E-state index contributed by atoms with van der Waals surface area (Å²) in [7, 11) is 0. The lowest BCUT2D eigenvalue weighted by molar-refractivity contribution is -0.131. The van der Waals surface area contributed by atoms with Crippen LogP contribution < -0.4 is 0 Å². The number of amides is 1. The van der Waals surface area contributed by atoms with E-state index < -0.39 is 0 Å². The highest BCUT2D eigenvalue weighted by Gasteiger charge is 2.18. The van der Waals surface area contributed by atoms with Crippen molar-refractivity contribution in [3.05, 3.63) is 48.0 Å². The smallest absolute Gasteiger partial charge is 0.223 e. The molecule has 1 aliphatic heterocycles. The molecule has 1 amide bonds.